The molecule has 0 aliphatic heterocycles. The number of carbonyl (C=O) groups is 3. The molecule has 0 heterocycles. The van der Waals surface area contributed by atoms with Gasteiger partial charge in [-0.1, -0.05) is 139 Å². The number of nitrogens with zero attached hydrogens (tertiary/aromatic N) is 1. The third kappa shape index (κ3) is 36.4. The number of ether oxygens (including phenoxy) is 3. The van der Waals surface area contributed by atoms with Crippen LogP contribution in [0.1, 0.15) is 168 Å². The van der Waals surface area contributed by atoms with Gasteiger partial charge in [0.05, 0.1) is 40.3 Å². The summed E-state index contributed by atoms with van der Waals surface area (Å²) in [6.07, 6.45) is 45.5. The van der Waals surface area contributed by atoms with Crippen molar-refractivity contribution < 1.29 is 38.2 Å². The van der Waals surface area contributed by atoms with Gasteiger partial charge in [0.1, 0.15) is 12.6 Å². The number of hydrogen-bond donors (Lipinski definition) is 0. The summed E-state index contributed by atoms with van der Waals surface area (Å²) >= 11 is 0. The molecule has 0 aliphatic rings. The summed E-state index contributed by atoms with van der Waals surface area (Å²) in [7, 11) is 5.39. The van der Waals surface area contributed by atoms with Crippen LogP contribution in [-0.4, -0.2) is 75.5 Å². The lowest BCUT2D eigenvalue weighted by molar-refractivity contribution is -0.889. The standard InChI is InChI=1S/C47H81NO7/c1-6-8-10-12-14-16-17-18-19-20-21-22-23-24-25-26-27-28-30-32-34-36-38-46(50)55-43(41-53-40-39-44(47(51)52)48(3,4)5)42-54-45(49)37-35-33-31-29-15-13-11-9-7-2/h8,10,14,16,18-19,21-22,29,31,43-44H,6-7,9,11-13,15,17,20,23-28,30,32-42H2,1-5H3/b10-8+,16-14+,19-18+,22-21+,31-29+. The summed E-state index contributed by atoms with van der Waals surface area (Å²) in [4.78, 5) is 36.7. The summed E-state index contributed by atoms with van der Waals surface area (Å²) < 4.78 is 17.1. The van der Waals surface area contributed by atoms with Crippen molar-refractivity contribution in [3.8, 4) is 0 Å². The van der Waals surface area contributed by atoms with Gasteiger partial charge < -0.3 is 28.6 Å². The first-order valence-electron chi connectivity index (χ1n) is 21.8. The summed E-state index contributed by atoms with van der Waals surface area (Å²) in [6, 6.07) is -0.731. The first kappa shape index (κ1) is 52.0. The molecule has 0 radical (unpaired) electrons. The van der Waals surface area contributed by atoms with Crippen LogP contribution in [0.25, 0.3) is 0 Å². The van der Waals surface area contributed by atoms with Crippen molar-refractivity contribution in [2.75, 3.05) is 41.0 Å². The number of likely N-dealkylation sites (N-methyl/N-ethyl adjacent to an activating group) is 1. The first-order valence-corrected chi connectivity index (χ1v) is 21.8. The molecule has 0 bridgehead atoms. The van der Waals surface area contributed by atoms with Gasteiger partial charge in [-0.15, -0.1) is 0 Å². The first-order chi connectivity index (χ1) is 26.6. The monoisotopic (exact) mass is 772 g/mol. The second-order valence-electron chi connectivity index (χ2n) is 15.5. The Morgan fingerprint density at radius 1 is 0.564 bits per heavy atom. The van der Waals surface area contributed by atoms with Crippen molar-refractivity contribution in [3.05, 3.63) is 60.8 Å². The Bertz CT molecular complexity index is 1090. The minimum absolute atomic E-state index is 0.0279. The van der Waals surface area contributed by atoms with Gasteiger partial charge in [0.2, 0.25) is 0 Å². The van der Waals surface area contributed by atoms with E-state index in [-0.39, 0.29) is 42.7 Å². The van der Waals surface area contributed by atoms with Crippen LogP contribution in [0.3, 0.4) is 0 Å². The molecule has 316 valence electrons. The molecule has 0 aromatic carbocycles. The van der Waals surface area contributed by atoms with E-state index in [0.29, 0.717) is 19.3 Å². The highest BCUT2D eigenvalue weighted by atomic mass is 16.6. The topological polar surface area (TPSA) is 102 Å². The molecule has 0 spiro atoms. The molecule has 2 unspecified atom stereocenters. The molecule has 0 aliphatic carbocycles. The van der Waals surface area contributed by atoms with Gasteiger partial charge in [-0.2, -0.15) is 0 Å². The largest absolute Gasteiger partial charge is 0.544 e. The molecule has 0 rings (SSSR count). The van der Waals surface area contributed by atoms with Crippen LogP contribution in [0.5, 0.6) is 0 Å². The third-order valence-electron chi connectivity index (χ3n) is 9.39. The number of aliphatic carboxylic acids is 1. The third-order valence-corrected chi connectivity index (χ3v) is 9.39. The zero-order valence-corrected chi connectivity index (χ0v) is 35.8. The Hall–Kier alpha value is -2.97. The summed E-state index contributed by atoms with van der Waals surface area (Å²) in [6.45, 7) is 4.46. The maximum Gasteiger partial charge on any atom is 0.306 e. The zero-order valence-electron chi connectivity index (χ0n) is 35.8. The average molecular weight is 772 g/mol. The minimum Gasteiger partial charge on any atom is -0.544 e. The predicted molar refractivity (Wildman–Crippen MR) is 226 cm³/mol. The molecule has 0 fully saturated rings. The summed E-state index contributed by atoms with van der Waals surface area (Å²) in [5, 5.41) is 11.6. The maximum atomic E-state index is 12.7. The predicted octanol–water partition coefficient (Wildman–Crippen LogP) is 10.5. The lowest BCUT2D eigenvalue weighted by Gasteiger charge is -2.34. The van der Waals surface area contributed by atoms with Gasteiger partial charge >= 0.3 is 11.9 Å². The Morgan fingerprint density at radius 3 is 1.58 bits per heavy atom. The van der Waals surface area contributed by atoms with Crippen LogP contribution in [-0.2, 0) is 28.6 Å². The minimum atomic E-state index is -1.13. The van der Waals surface area contributed by atoms with Gasteiger partial charge in [0, 0.05) is 19.3 Å². The molecular weight excluding hydrogens is 691 g/mol. The van der Waals surface area contributed by atoms with Crippen LogP contribution in [0.15, 0.2) is 60.8 Å². The van der Waals surface area contributed by atoms with E-state index >= 15 is 0 Å². The molecule has 0 aromatic rings. The van der Waals surface area contributed by atoms with E-state index in [0.717, 1.165) is 64.2 Å². The SMILES string of the molecule is CC/C=C/C/C=C/C/C=C/C/C=C/CCCCCCCCCCCC(=O)OC(COCCC(C(=O)[O-])[N+](C)(C)C)COC(=O)CCC/C=C/CCCCCC. The van der Waals surface area contributed by atoms with Crippen molar-refractivity contribution >= 4 is 17.9 Å². The molecule has 55 heavy (non-hydrogen) atoms. The second kappa shape index (κ2) is 37.9. The van der Waals surface area contributed by atoms with Crippen molar-refractivity contribution in [1.29, 1.82) is 0 Å². The molecule has 0 saturated heterocycles. The Labute approximate surface area is 337 Å². The number of rotatable bonds is 38. The zero-order chi connectivity index (χ0) is 40.7. The fourth-order valence-electron chi connectivity index (χ4n) is 6.01. The van der Waals surface area contributed by atoms with E-state index in [1.54, 1.807) is 21.1 Å². The van der Waals surface area contributed by atoms with E-state index < -0.39 is 18.1 Å². The molecule has 0 N–H and O–H groups in total. The molecule has 2 atom stereocenters. The molecule has 8 nitrogen and oxygen atoms in total. The van der Waals surface area contributed by atoms with E-state index in [1.807, 2.05) is 0 Å². The number of carboxylic acids is 1. The highest BCUT2D eigenvalue weighted by Gasteiger charge is 2.25. The Morgan fingerprint density at radius 2 is 1.04 bits per heavy atom. The van der Waals surface area contributed by atoms with Crippen molar-refractivity contribution in [1.82, 2.24) is 0 Å². The molecule has 0 aromatic heterocycles. The van der Waals surface area contributed by atoms with E-state index in [1.165, 1.54) is 64.2 Å². The van der Waals surface area contributed by atoms with E-state index in [4.69, 9.17) is 14.2 Å². The number of carboxylic acid groups (broad SMARTS) is 1. The Kier molecular flexibility index (Phi) is 35.9. The van der Waals surface area contributed by atoms with Gasteiger partial charge in [-0.3, -0.25) is 9.59 Å². The normalized spacial score (nSPS) is 13.5. The average Bonchev–Trinajstić information content (AvgIpc) is 3.14. The van der Waals surface area contributed by atoms with Crippen molar-refractivity contribution in [2.45, 2.75) is 180 Å². The lowest BCUT2D eigenvalue weighted by atomic mass is 10.1. The molecule has 8 heteroatoms. The van der Waals surface area contributed by atoms with Crippen molar-refractivity contribution in [2.24, 2.45) is 0 Å². The van der Waals surface area contributed by atoms with E-state index in [2.05, 4.69) is 74.6 Å². The number of allylic oxidation sites excluding steroid dienone is 10. The fourth-order valence-corrected chi connectivity index (χ4v) is 6.01. The van der Waals surface area contributed by atoms with Crippen LogP contribution < -0.4 is 5.11 Å². The number of hydrogen-bond acceptors (Lipinski definition) is 7. The quantitative estimate of drug-likeness (QED) is 0.0266. The van der Waals surface area contributed by atoms with Crippen LogP contribution >= 0.6 is 0 Å². The number of quaternary nitrogens is 1. The molecule has 0 saturated carbocycles. The summed E-state index contributed by atoms with van der Waals surface area (Å²) in [5.41, 5.74) is 0. The highest BCUT2D eigenvalue weighted by Crippen LogP contribution is 2.13. The van der Waals surface area contributed by atoms with Crippen molar-refractivity contribution in [3.63, 3.8) is 0 Å². The maximum absolute atomic E-state index is 12.7. The molecular formula is C47H81NO7. The van der Waals surface area contributed by atoms with Gasteiger partial charge in [0.15, 0.2) is 6.10 Å². The van der Waals surface area contributed by atoms with Crippen LogP contribution in [0.2, 0.25) is 0 Å². The van der Waals surface area contributed by atoms with E-state index in [9.17, 15) is 19.5 Å². The van der Waals surface area contributed by atoms with Crippen LogP contribution in [0, 0.1) is 0 Å². The molecule has 0 amide bonds. The van der Waals surface area contributed by atoms with Gasteiger partial charge in [-0.25, -0.2) is 0 Å². The summed E-state index contributed by atoms with van der Waals surface area (Å²) in [5.74, 6) is -1.79. The van der Waals surface area contributed by atoms with Gasteiger partial charge in [-0.05, 0) is 70.6 Å². The number of esters is 2. The lowest BCUT2D eigenvalue weighted by Crippen LogP contribution is -2.55. The smallest absolute Gasteiger partial charge is 0.306 e. The fraction of sp³-hybridized carbons (Fsp3) is 0.723. The number of carbonyl (C=O) groups excluding carboxylic acids is 3. The highest BCUT2D eigenvalue weighted by molar-refractivity contribution is 5.70. The number of unbranched alkanes of at least 4 members (excludes halogenated alkanes) is 14. The van der Waals surface area contributed by atoms with Crippen LogP contribution in [0.4, 0.5) is 0 Å². The Balaban J connectivity index is 4.28. The second-order valence-corrected chi connectivity index (χ2v) is 15.5. The van der Waals surface area contributed by atoms with Gasteiger partial charge in [0.25, 0.3) is 0 Å².